The Kier molecular flexibility index (Phi) is 7.18. The number of rotatable bonds is 3. The molecule has 1 saturated heterocycles. The van der Waals surface area contributed by atoms with E-state index in [0.29, 0.717) is 13.1 Å². The SMILES string of the molecule is CC.CN1CCN(C(=O)CNC(=O)c2ccc(F)cc2)CC1=O. The predicted molar refractivity (Wildman–Crippen MR) is 84.3 cm³/mol. The van der Waals surface area contributed by atoms with Crippen LogP contribution in [0.1, 0.15) is 24.2 Å². The molecular weight excluding hydrogens is 301 g/mol. The number of amides is 3. The molecule has 7 heteroatoms. The minimum Gasteiger partial charge on any atom is -0.343 e. The van der Waals surface area contributed by atoms with Crippen molar-refractivity contribution in [1.29, 1.82) is 0 Å². The van der Waals surface area contributed by atoms with Crippen molar-refractivity contribution in [2.24, 2.45) is 0 Å². The first-order valence-electron chi connectivity index (χ1n) is 7.53. The minimum atomic E-state index is -0.455. The van der Waals surface area contributed by atoms with Crippen LogP contribution in [0.3, 0.4) is 0 Å². The van der Waals surface area contributed by atoms with Gasteiger partial charge in [-0.05, 0) is 24.3 Å². The maximum atomic E-state index is 12.7. The van der Waals surface area contributed by atoms with Gasteiger partial charge in [-0.2, -0.15) is 0 Å². The Labute approximate surface area is 135 Å². The standard InChI is InChI=1S/C14H16FN3O3.C2H6/c1-17-6-7-18(9-13(17)20)12(19)8-16-14(21)10-2-4-11(15)5-3-10;1-2/h2-5H,6-9H2,1H3,(H,16,21);1-2H3. The van der Waals surface area contributed by atoms with Crippen LogP contribution in [0.2, 0.25) is 0 Å². The maximum absolute atomic E-state index is 12.7. The monoisotopic (exact) mass is 323 g/mol. The molecule has 126 valence electrons. The molecule has 6 nitrogen and oxygen atoms in total. The summed E-state index contributed by atoms with van der Waals surface area (Å²) < 4.78 is 12.7. The van der Waals surface area contributed by atoms with E-state index >= 15 is 0 Å². The molecule has 0 bridgehead atoms. The molecule has 1 heterocycles. The average molecular weight is 323 g/mol. The van der Waals surface area contributed by atoms with Gasteiger partial charge in [0.1, 0.15) is 5.82 Å². The molecule has 1 aromatic rings. The summed E-state index contributed by atoms with van der Waals surface area (Å²) in [6.07, 6.45) is 0. The zero-order valence-electron chi connectivity index (χ0n) is 13.6. The first-order valence-corrected chi connectivity index (χ1v) is 7.53. The van der Waals surface area contributed by atoms with Gasteiger partial charge in [0.25, 0.3) is 5.91 Å². The van der Waals surface area contributed by atoms with Crippen molar-refractivity contribution < 1.29 is 18.8 Å². The number of nitrogens with one attached hydrogen (secondary N) is 1. The third-order valence-corrected chi connectivity index (χ3v) is 3.32. The highest BCUT2D eigenvalue weighted by molar-refractivity contribution is 5.96. The number of hydrogen-bond donors (Lipinski definition) is 1. The molecule has 0 atom stereocenters. The Balaban J connectivity index is 0.00000127. The smallest absolute Gasteiger partial charge is 0.251 e. The van der Waals surface area contributed by atoms with Crippen LogP contribution in [-0.4, -0.2) is 60.7 Å². The molecule has 0 saturated carbocycles. The number of carbonyl (C=O) groups excluding carboxylic acids is 3. The van der Waals surface area contributed by atoms with Gasteiger partial charge in [-0.1, -0.05) is 13.8 Å². The summed E-state index contributed by atoms with van der Waals surface area (Å²) in [7, 11) is 1.68. The topological polar surface area (TPSA) is 69.7 Å². The zero-order valence-corrected chi connectivity index (χ0v) is 13.6. The summed E-state index contributed by atoms with van der Waals surface area (Å²) in [6, 6.07) is 5.04. The summed E-state index contributed by atoms with van der Waals surface area (Å²) in [5, 5.41) is 2.46. The van der Waals surface area contributed by atoms with E-state index in [2.05, 4.69) is 5.32 Å². The second kappa shape index (κ2) is 8.87. The van der Waals surface area contributed by atoms with Crippen molar-refractivity contribution >= 4 is 17.7 Å². The average Bonchev–Trinajstić information content (AvgIpc) is 2.57. The molecule has 0 aliphatic carbocycles. The highest BCUT2D eigenvalue weighted by Crippen LogP contribution is 2.03. The van der Waals surface area contributed by atoms with Gasteiger partial charge in [-0.3, -0.25) is 14.4 Å². The number of likely N-dealkylation sites (N-methyl/N-ethyl adjacent to an activating group) is 1. The molecule has 1 aromatic carbocycles. The number of hydrogen-bond acceptors (Lipinski definition) is 3. The van der Waals surface area contributed by atoms with Crippen molar-refractivity contribution in [3.05, 3.63) is 35.6 Å². The highest BCUT2D eigenvalue weighted by atomic mass is 19.1. The van der Waals surface area contributed by atoms with Crippen LogP contribution in [0.4, 0.5) is 4.39 Å². The van der Waals surface area contributed by atoms with Crippen LogP contribution in [0.25, 0.3) is 0 Å². The molecule has 0 aromatic heterocycles. The molecule has 1 aliphatic heterocycles. The van der Waals surface area contributed by atoms with Gasteiger partial charge >= 0.3 is 0 Å². The van der Waals surface area contributed by atoms with Crippen LogP contribution in [0, 0.1) is 5.82 Å². The Bertz CT molecular complexity index is 560. The zero-order chi connectivity index (χ0) is 17.4. The molecule has 0 spiro atoms. The fraction of sp³-hybridized carbons (Fsp3) is 0.438. The highest BCUT2D eigenvalue weighted by Gasteiger charge is 2.24. The first kappa shape index (κ1) is 18.6. The summed E-state index contributed by atoms with van der Waals surface area (Å²) in [5.74, 6) is -1.33. The van der Waals surface area contributed by atoms with Gasteiger partial charge in [0, 0.05) is 25.7 Å². The third kappa shape index (κ3) is 5.36. The van der Waals surface area contributed by atoms with Crippen molar-refractivity contribution in [2.45, 2.75) is 13.8 Å². The van der Waals surface area contributed by atoms with Gasteiger partial charge in [0.15, 0.2) is 0 Å². The lowest BCUT2D eigenvalue weighted by Crippen LogP contribution is -2.52. The fourth-order valence-electron chi connectivity index (χ4n) is 1.94. The van der Waals surface area contributed by atoms with E-state index in [1.165, 1.54) is 29.2 Å². The van der Waals surface area contributed by atoms with Crippen LogP contribution in [-0.2, 0) is 9.59 Å². The molecule has 1 N–H and O–H groups in total. The fourth-order valence-corrected chi connectivity index (χ4v) is 1.94. The van der Waals surface area contributed by atoms with Crippen molar-refractivity contribution in [3.8, 4) is 0 Å². The van der Waals surface area contributed by atoms with Crippen molar-refractivity contribution in [2.75, 3.05) is 33.2 Å². The van der Waals surface area contributed by atoms with Gasteiger partial charge in [0.05, 0.1) is 13.1 Å². The lowest BCUT2D eigenvalue weighted by atomic mass is 10.2. The number of halogens is 1. The van der Waals surface area contributed by atoms with Crippen LogP contribution >= 0.6 is 0 Å². The summed E-state index contributed by atoms with van der Waals surface area (Å²) in [4.78, 5) is 38.2. The first-order chi connectivity index (χ1) is 11.0. The molecule has 0 radical (unpaired) electrons. The van der Waals surface area contributed by atoms with E-state index in [0.717, 1.165) is 0 Å². The molecule has 1 aliphatic rings. The second-order valence-corrected chi connectivity index (χ2v) is 4.82. The number of benzene rings is 1. The molecular formula is C16H22FN3O3. The third-order valence-electron chi connectivity index (χ3n) is 3.32. The Morgan fingerprint density at radius 2 is 1.78 bits per heavy atom. The molecule has 0 unspecified atom stereocenters. The van der Waals surface area contributed by atoms with Gasteiger partial charge in [-0.15, -0.1) is 0 Å². The Morgan fingerprint density at radius 1 is 1.17 bits per heavy atom. The summed E-state index contributed by atoms with van der Waals surface area (Å²) >= 11 is 0. The van der Waals surface area contributed by atoms with Crippen LogP contribution < -0.4 is 5.32 Å². The van der Waals surface area contributed by atoms with Gasteiger partial charge in [-0.25, -0.2) is 4.39 Å². The van der Waals surface area contributed by atoms with E-state index in [-0.39, 0.29) is 30.5 Å². The van der Waals surface area contributed by atoms with E-state index < -0.39 is 11.7 Å². The number of piperazine rings is 1. The minimum absolute atomic E-state index is 0.0295. The number of carbonyl (C=O) groups is 3. The van der Waals surface area contributed by atoms with E-state index in [9.17, 15) is 18.8 Å². The van der Waals surface area contributed by atoms with E-state index in [1.807, 2.05) is 13.8 Å². The predicted octanol–water partition coefficient (Wildman–Crippen LogP) is 0.882. The summed E-state index contributed by atoms with van der Waals surface area (Å²) in [6.45, 7) is 4.78. The quantitative estimate of drug-likeness (QED) is 0.898. The van der Waals surface area contributed by atoms with E-state index in [4.69, 9.17) is 0 Å². The van der Waals surface area contributed by atoms with E-state index in [1.54, 1.807) is 11.9 Å². The number of nitrogens with zero attached hydrogens (tertiary/aromatic N) is 2. The normalized spacial score (nSPS) is 14.0. The lowest BCUT2D eigenvalue weighted by Gasteiger charge is -2.32. The second-order valence-electron chi connectivity index (χ2n) is 4.82. The van der Waals surface area contributed by atoms with Crippen LogP contribution in [0.15, 0.2) is 24.3 Å². The van der Waals surface area contributed by atoms with Crippen molar-refractivity contribution in [1.82, 2.24) is 15.1 Å². The Morgan fingerprint density at radius 3 is 2.35 bits per heavy atom. The molecule has 3 amide bonds. The lowest BCUT2D eigenvalue weighted by molar-refractivity contribution is -0.143. The van der Waals surface area contributed by atoms with Crippen molar-refractivity contribution in [3.63, 3.8) is 0 Å². The maximum Gasteiger partial charge on any atom is 0.251 e. The van der Waals surface area contributed by atoms with Gasteiger partial charge < -0.3 is 15.1 Å². The molecule has 2 rings (SSSR count). The largest absolute Gasteiger partial charge is 0.343 e. The Hall–Kier alpha value is -2.44. The van der Waals surface area contributed by atoms with Crippen LogP contribution in [0.5, 0.6) is 0 Å². The van der Waals surface area contributed by atoms with Gasteiger partial charge in [0.2, 0.25) is 11.8 Å². The molecule has 23 heavy (non-hydrogen) atoms. The molecule has 1 fully saturated rings. The summed E-state index contributed by atoms with van der Waals surface area (Å²) in [5.41, 5.74) is 0.277.